The fourth-order valence-electron chi connectivity index (χ4n) is 4.05. The third kappa shape index (κ3) is 4.91. The first-order valence-corrected chi connectivity index (χ1v) is 10.5. The number of ether oxygens (including phenoxy) is 1. The predicted molar refractivity (Wildman–Crippen MR) is 107 cm³/mol. The highest BCUT2D eigenvalue weighted by molar-refractivity contribution is 5.76. The molecule has 0 atom stereocenters. The van der Waals surface area contributed by atoms with Gasteiger partial charge >= 0.3 is 0 Å². The van der Waals surface area contributed by atoms with Crippen molar-refractivity contribution in [2.75, 3.05) is 20.2 Å². The van der Waals surface area contributed by atoms with Crippen LogP contribution in [0.1, 0.15) is 43.5 Å². The molecular weight excluding hydrogens is 352 g/mol. The fraction of sp³-hybridized carbons (Fsp3) is 0.591. The van der Waals surface area contributed by atoms with Crippen molar-refractivity contribution >= 4 is 5.91 Å². The SMILES string of the molecule is COc1cccc(CCC(=O)N2CCC(Cc3nncn3CC3CC3)CC2)c1. The number of amides is 1. The molecular formula is C22H30N4O2. The summed E-state index contributed by atoms with van der Waals surface area (Å²) in [5, 5.41) is 8.46. The lowest BCUT2D eigenvalue weighted by atomic mass is 9.93. The number of likely N-dealkylation sites (tertiary alicyclic amines) is 1. The molecule has 150 valence electrons. The van der Waals surface area contributed by atoms with E-state index in [-0.39, 0.29) is 5.91 Å². The Labute approximate surface area is 166 Å². The molecule has 2 aromatic rings. The van der Waals surface area contributed by atoms with Gasteiger partial charge in [0.25, 0.3) is 0 Å². The third-order valence-corrected chi connectivity index (χ3v) is 6.05. The molecule has 6 heteroatoms. The highest BCUT2D eigenvalue weighted by Crippen LogP contribution is 2.31. The number of nitrogens with zero attached hydrogens (tertiary/aromatic N) is 4. The van der Waals surface area contributed by atoms with E-state index in [9.17, 15) is 4.79 Å². The lowest BCUT2D eigenvalue weighted by Crippen LogP contribution is -2.39. The lowest BCUT2D eigenvalue weighted by molar-refractivity contribution is -0.132. The van der Waals surface area contributed by atoms with Crippen molar-refractivity contribution in [2.24, 2.45) is 11.8 Å². The Morgan fingerprint density at radius 2 is 2.00 bits per heavy atom. The van der Waals surface area contributed by atoms with Crippen LogP contribution in [0.15, 0.2) is 30.6 Å². The molecule has 2 aliphatic rings. The van der Waals surface area contributed by atoms with E-state index in [4.69, 9.17) is 4.74 Å². The normalized spacial score (nSPS) is 17.7. The van der Waals surface area contributed by atoms with E-state index in [0.717, 1.165) is 68.4 Å². The van der Waals surface area contributed by atoms with Gasteiger partial charge in [0, 0.05) is 32.5 Å². The zero-order valence-corrected chi connectivity index (χ0v) is 16.7. The summed E-state index contributed by atoms with van der Waals surface area (Å²) in [6.45, 7) is 2.79. The van der Waals surface area contributed by atoms with Crippen molar-refractivity contribution in [2.45, 2.75) is 51.5 Å². The van der Waals surface area contributed by atoms with Gasteiger partial charge in [-0.2, -0.15) is 0 Å². The molecule has 0 spiro atoms. The van der Waals surface area contributed by atoms with E-state index < -0.39 is 0 Å². The second kappa shape index (κ2) is 8.76. The first-order valence-electron chi connectivity index (χ1n) is 10.5. The van der Waals surface area contributed by atoms with Gasteiger partial charge in [-0.15, -0.1) is 10.2 Å². The van der Waals surface area contributed by atoms with Gasteiger partial charge in [-0.25, -0.2) is 0 Å². The predicted octanol–water partition coefficient (Wildman–Crippen LogP) is 3.11. The lowest BCUT2D eigenvalue weighted by Gasteiger charge is -2.32. The molecule has 2 fully saturated rings. The van der Waals surface area contributed by atoms with Crippen molar-refractivity contribution in [3.63, 3.8) is 0 Å². The van der Waals surface area contributed by atoms with Crippen LogP contribution in [0.2, 0.25) is 0 Å². The first-order chi connectivity index (χ1) is 13.7. The second-order valence-electron chi connectivity index (χ2n) is 8.22. The highest BCUT2D eigenvalue weighted by Gasteiger charge is 2.26. The molecule has 0 unspecified atom stereocenters. The van der Waals surface area contributed by atoms with E-state index in [2.05, 4.69) is 20.8 Å². The zero-order valence-electron chi connectivity index (χ0n) is 16.7. The Morgan fingerprint density at radius 3 is 2.75 bits per heavy atom. The second-order valence-corrected chi connectivity index (χ2v) is 8.22. The summed E-state index contributed by atoms with van der Waals surface area (Å²) in [4.78, 5) is 14.6. The van der Waals surface area contributed by atoms with Crippen LogP contribution in [0, 0.1) is 11.8 Å². The zero-order chi connectivity index (χ0) is 19.3. The van der Waals surface area contributed by atoms with E-state index in [0.29, 0.717) is 12.3 Å². The summed E-state index contributed by atoms with van der Waals surface area (Å²) in [5.41, 5.74) is 1.15. The number of hydrogen-bond donors (Lipinski definition) is 0. The van der Waals surface area contributed by atoms with Crippen molar-refractivity contribution in [3.8, 4) is 5.75 Å². The number of rotatable bonds is 8. The van der Waals surface area contributed by atoms with Gasteiger partial charge in [0.05, 0.1) is 7.11 Å². The van der Waals surface area contributed by atoms with Crippen molar-refractivity contribution in [1.82, 2.24) is 19.7 Å². The van der Waals surface area contributed by atoms with Crippen LogP contribution >= 0.6 is 0 Å². The summed E-state index contributed by atoms with van der Waals surface area (Å²) in [6.07, 6.45) is 8.99. The Hall–Kier alpha value is -2.37. The maximum absolute atomic E-state index is 12.6. The van der Waals surface area contributed by atoms with Gasteiger partial charge in [-0.1, -0.05) is 12.1 Å². The summed E-state index contributed by atoms with van der Waals surface area (Å²) >= 11 is 0. The average molecular weight is 383 g/mol. The van der Waals surface area contributed by atoms with E-state index >= 15 is 0 Å². The minimum absolute atomic E-state index is 0.262. The standard InChI is InChI=1S/C22H30N4O2/c1-28-20-4-2-3-17(13-20)7-8-22(27)25-11-9-18(10-12-25)14-21-24-23-16-26(21)15-19-5-6-19/h2-4,13,16,18-19H,5-12,14-15H2,1H3. The molecule has 1 amide bonds. The van der Waals surface area contributed by atoms with Gasteiger partial charge < -0.3 is 14.2 Å². The van der Waals surface area contributed by atoms with Crippen LogP contribution in [-0.4, -0.2) is 45.8 Å². The van der Waals surface area contributed by atoms with Gasteiger partial charge in [0.2, 0.25) is 5.91 Å². The van der Waals surface area contributed by atoms with Gasteiger partial charge in [-0.05, 0) is 61.6 Å². The molecule has 6 nitrogen and oxygen atoms in total. The number of carbonyl (C=O) groups excluding carboxylic acids is 1. The van der Waals surface area contributed by atoms with Crippen molar-refractivity contribution in [1.29, 1.82) is 0 Å². The minimum atomic E-state index is 0.262. The summed E-state index contributed by atoms with van der Waals surface area (Å²) in [5.74, 6) is 3.66. The molecule has 1 saturated carbocycles. The van der Waals surface area contributed by atoms with Gasteiger partial charge in [-0.3, -0.25) is 4.79 Å². The average Bonchev–Trinajstić information content (AvgIpc) is 3.45. The topological polar surface area (TPSA) is 60.2 Å². The largest absolute Gasteiger partial charge is 0.497 e. The van der Waals surface area contributed by atoms with Crippen molar-refractivity contribution in [3.05, 3.63) is 42.0 Å². The van der Waals surface area contributed by atoms with Crippen LogP contribution in [0.5, 0.6) is 5.75 Å². The molecule has 4 rings (SSSR count). The number of carbonyl (C=O) groups is 1. The Balaban J connectivity index is 1.22. The smallest absolute Gasteiger partial charge is 0.222 e. The summed E-state index contributed by atoms with van der Waals surface area (Å²) < 4.78 is 7.50. The maximum Gasteiger partial charge on any atom is 0.222 e. The van der Waals surface area contributed by atoms with Gasteiger partial charge in [0.1, 0.15) is 17.9 Å². The van der Waals surface area contributed by atoms with Crippen LogP contribution in [0.4, 0.5) is 0 Å². The number of piperidine rings is 1. The molecule has 2 heterocycles. The highest BCUT2D eigenvalue weighted by atomic mass is 16.5. The number of hydrogen-bond acceptors (Lipinski definition) is 4. The first kappa shape index (κ1) is 19.0. The van der Waals surface area contributed by atoms with Crippen molar-refractivity contribution < 1.29 is 9.53 Å². The number of benzene rings is 1. The summed E-state index contributed by atoms with van der Waals surface area (Å²) in [6, 6.07) is 7.98. The van der Waals surface area contributed by atoms with E-state index in [1.807, 2.05) is 29.4 Å². The third-order valence-electron chi connectivity index (χ3n) is 6.05. The maximum atomic E-state index is 12.6. The molecule has 1 aromatic heterocycles. The monoisotopic (exact) mass is 382 g/mol. The molecule has 1 aliphatic heterocycles. The molecule has 1 aliphatic carbocycles. The van der Waals surface area contributed by atoms with Crippen LogP contribution in [-0.2, 0) is 24.2 Å². The fourth-order valence-corrected chi connectivity index (χ4v) is 4.05. The Bertz CT molecular complexity index is 791. The van der Waals surface area contributed by atoms with Gasteiger partial charge in [0.15, 0.2) is 0 Å². The minimum Gasteiger partial charge on any atom is -0.497 e. The number of methoxy groups -OCH3 is 1. The Kier molecular flexibility index (Phi) is 5.93. The molecule has 1 aromatic carbocycles. The molecule has 0 bridgehead atoms. The quantitative estimate of drug-likeness (QED) is 0.704. The summed E-state index contributed by atoms with van der Waals surface area (Å²) in [7, 11) is 1.67. The number of aryl methyl sites for hydroxylation is 1. The Morgan fingerprint density at radius 1 is 1.18 bits per heavy atom. The molecule has 1 saturated heterocycles. The van der Waals surface area contributed by atoms with Crippen LogP contribution in [0.3, 0.4) is 0 Å². The molecule has 28 heavy (non-hydrogen) atoms. The number of aromatic nitrogens is 3. The van der Waals surface area contributed by atoms with E-state index in [1.54, 1.807) is 7.11 Å². The van der Waals surface area contributed by atoms with Crippen LogP contribution < -0.4 is 4.74 Å². The molecule has 0 N–H and O–H groups in total. The van der Waals surface area contributed by atoms with E-state index in [1.165, 1.54) is 12.8 Å². The van der Waals surface area contributed by atoms with Crippen LogP contribution in [0.25, 0.3) is 0 Å². The molecule has 0 radical (unpaired) electrons.